The highest BCUT2D eigenvalue weighted by Gasteiger charge is 2.59. The molecule has 2 aromatic carbocycles. The van der Waals surface area contributed by atoms with Crippen molar-refractivity contribution in [1.29, 1.82) is 0 Å². The fraction of sp³-hybridized carbons (Fsp3) is 0.292. The van der Waals surface area contributed by atoms with Crippen LogP contribution in [0.25, 0.3) is 0 Å². The third-order valence-electron chi connectivity index (χ3n) is 5.91. The maximum Gasteiger partial charge on any atom is 0.228 e. The molecule has 1 aliphatic carbocycles. The molecule has 1 amide bonds. The number of nitrogens with zero attached hydrogens (tertiary/aromatic N) is 3. The van der Waals surface area contributed by atoms with Crippen molar-refractivity contribution in [3.8, 4) is 0 Å². The van der Waals surface area contributed by atoms with Crippen molar-refractivity contribution in [3.05, 3.63) is 83.4 Å². The number of rotatable bonds is 6. The van der Waals surface area contributed by atoms with Gasteiger partial charge in [-0.25, -0.2) is 18.7 Å². The highest BCUT2D eigenvalue weighted by atomic mass is 19.1. The lowest BCUT2D eigenvalue weighted by atomic mass is 9.91. The van der Waals surface area contributed by atoms with Crippen molar-refractivity contribution in [1.82, 2.24) is 9.97 Å². The molecule has 0 aliphatic heterocycles. The van der Waals surface area contributed by atoms with E-state index >= 15 is 0 Å². The topological polar surface area (TPSA) is 58.1 Å². The minimum absolute atomic E-state index is 0.166. The number of hydrogen-bond acceptors (Lipinski definition) is 4. The number of carbonyl (C=O) groups excluding carboxylic acids is 1. The monoisotopic (exact) mass is 422 g/mol. The fourth-order valence-electron chi connectivity index (χ4n) is 4.25. The summed E-state index contributed by atoms with van der Waals surface area (Å²) in [6.45, 7) is 4.26. The van der Waals surface area contributed by atoms with E-state index in [4.69, 9.17) is 0 Å². The molecule has 0 bridgehead atoms. The number of anilines is 2. The summed E-state index contributed by atoms with van der Waals surface area (Å²) < 4.78 is 27.2. The highest BCUT2D eigenvalue weighted by Crippen LogP contribution is 2.55. The van der Waals surface area contributed by atoms with Gasteiger partial charge in [0.2, 0.25) is 5.91 Å². The van der Waals surface area contributed by atoms with Gasteiger partial charge in [-0.1, -0.05) is 12.1 Å². The van der Waals surface area contributed by atoms with E-state index < -0.39 is 5.41 Å². The Balaban J connectivity index is 1.61. The van der Waals surface area contributed by atoms with Crippen LogP contribution in [0.1, 0.15) is 23.5 Å². The molecule has 7 heteroatoms. The van der Waals surface area contributed by atoms with E-state index in [2.05, 4.69) is 15.3 Å². The molecule has 2 atom stereocenters. The van der Waals surface area contributed by atoms with Crippen LogP contribution in [-0.2, 0) is 10.2 Å². The molecular formula is C24H24F2N4O. The Labute approximate surface area is 180 Å². The molecule has 4 rings (SSSR count). The summed E-state index contributed by atoms with van der Waals surface area (Å²) in [4.78, 5) is 23.8. The highest BCUT2D eigenvalue weighted by molar-refractivity contribution is 5.96. The Morgan fingerprint density at radius 2 is 1.90 bits per heavy atom. The normalized spacial score (nSPS) is 19.7. The van der Waals surface area contributed by atoms with Crippen LogP contribution in [0.2, 0.25) is 0 Å². The number of likely N-dealkylation sites (N-methyl/N-ethyl adjacent to an activating group) is 1. The first-order chi connectivity index (χ1) is 14.8. The second-order valence-electron chi connectivity index (χ2n) is 8.16. The molecule has 5 nitrogen and oxygen atoms in total. The number of aromatic nitrogens is 2. The number of benzene rings is 2. The van der Waals surface area contributed by atoms with Gasteiger partial charge in [0.1, 0.15) is 17.5 Å². The van der Waals surface area contributed by atoms with Crippen LogP contribution in [0, 0.1) is 31.4 Å². The molecule has 0 saturated heterocycles. The molecule has 160 valence electrons. The Bertz CT molecular complexity index is 1120. The van der Waals surface area contributed by atoms with Crippen LogP contribution < -0.4 is 10.2 Å². The predicted octanol–water partition coefficient (Wildman–Crippen LogP) is 4.40. The standard InChI is InChI=1S/C24H24F2N4O/c1-15-22(13-27-16(2)28-15)30(3)14-24(17-5-4-6-19(26)11-17)12-21(24)23(31)29-20-9-7-18(25)8-10-20/h4-11,13,21H,12,14H2,1-3H3,(H,29,31)/t21-,24+/m0/s1. The van der Waals surface area contributed by atoms with Crippen molar-refractivity contribution in [2.75, 3.05) is 23.8 Å². The number of halogens is 2. The Morgan fingerprint density at radius 1 is 1.16 bits per heavy atom. The summed E-state index contributed by atoms with van der Waals surface area (Å²) in [6, 6.07) is 12.1. The van der Waals surface area contributed by atoms with Gasteiger partial charge >= 0.3 is 0 Å². The number of aryl methyl sites for hydroxylation is 2. The van der Waals surface area contributed by atoms with Crippen LogP contribution >= 0.6 is 0 Å². The van der Waals surface area contributed by atoms with Crippen molar-refractivity contribution < 1.29 is 13.6 Å². The van der Waals surface area contributed by atoms with E-state index in [1.54, 1.807) is 12.3 Å². The second-order valence-corrected chi connectivity index (χ2v) is 8.16. The lowest BCUT2D eigenvalue weighted by molar-refractivity contribution is -0.117. The number of carbonyl (C=O) groups is 1. The first kappa shape index (κ1) is 20.9. The molecule has 1 heterocycles. The minimum atomic E-state index is -0.543. The number of nitrogens with one attached hydrogen (secondary N) is 1. The number of hydrogen-bond donors (Lipinski definition) is 1. The van der Waals surface area contributed by atoms with E-state index in [0.717, 1.165) is 16.9 Å². The van der Waals surface area contributed by atoms with Crippen LogP contribution in [0.3, 0.4) is 0 Å². The summed E-state index contributed by atoms with van der Waals surface area (Å²) in [7, 11) is 1.93. The lowest BCUT2D eigenvalue weighted by Crippen LogP contribution is -2.34. The maximum atomic E-state index is 14.0. The number of amides is 1. The molecule has 1 aliphatic rings. The predicted molar refractivity (Wildman–Crippen MR) is 116 cm³/mol. The Morgan fingerprint density at radius 3 is 2.58 bits per heavy atom. The average molecular weight is 422 g/mol. The molecule has 3 aromatic rings. The quantitative estimate of drug-likeness (QED) is 0.640. The van der Waals surface area contributed by atoms with Gasteiger partial charge in [-0.15, -0.1) is 0 Å². The zero-order chi connectivity index (χ0) is 22.2. The molecular weight excluding hydrogens is 398 g/mol. The van der Waals surface area contributed by atoms with Gasteiger partial charge in [0, 0.05) is 24.7 Å². The van der Waals surface area contributed by atoms with Crippen LogP contribution in [-0.4, -0.2) is 29.5 Å². The van der Waals surface area contributed by atoms with Crippen molar-refractivity contribution in [3.63, 3.8) is 0 Å². The second kappa shape index (κ2) is 8.06. The summed E-state index contributed by atoms with van der Waals surface area (Å²) in [6.07, 6.45) is 2.35. The largest absolute Gasteiger partial charge is 0.371 e. The third-order valence-corrected chi connectivity index (χ3v) is 5.91. The molecule has 0 unspecified atom stereocenters. The van der Waals surface area contributed by atoms with Gasteiger partial charge in [0.15, 0.2) is 0 Å². The third kappa shape index (κ3) is 4.26. The Kier molecular flexibility index (Phi) is 5.43. The molecule has 1 N–H and O–H groups in total. The van der Waals surface area contributed by atoms with Crippen LogP contribution in [0.5, 0.6) is 0 Å². The lowest BCUT2D eigenvalue weighted by Gasteiger charge is -2.28. The summed E-state index contributed by atoms with van der Waals surface area (Å²) in [5.74, 6) is -0.512. The molecule has 1 aromatic heterocycles. The molecule has 0 spiro atoms. The van der Waals surface area contributed by atoms with E-state index in [1.807, 2.05) is 31.9 Å². The SMILES string of the molecule is Cc1ncc(N(C)C[C@@]2(c3cccc(F)c3)C[C@H]2C(=O)Nc2ccc(F)cc2)c(C)n1. The van der Waals surface area contributed by atoms with Crippen LogP contribution in [0.15, 0.2) is 54.7 Å². The minimum Gasteiger partial charge on any atom is -0.371 e. The average Bonchev–Trinajstić information content (AvgIpc) is 3.45. The summed E-state index contributed by atoms with van der Waals surface area (Å²) >= 11 is 0. The van der Waals surface area contributed by atoms with Crippen molar-refractivity contribution in [2.45, 2.75) is 25.7 Å². The molecule has 1 saturated carbocycles. The van der Waals surface area contributed by atoms with Gasteiger partial charge in [0.25, 0.3) is 0 Å². The van der Waals surface area contributed by atoms with E-state index in [9.17, 15) is 13.6 Å². The molecule has 0 radical (unpaired) electrons. The summed E-state index contributed by atoms with van der Waals surface area (Å²) in [5.41, 5.74) is 2.48. The summed E-state index contributed by atoms with van der Waals surface area (Å²) in [5, 5.41) is 2.86. The fourth-order valence-corrected chi connectivity index (χ4v) is 4.25. The van der Waals surface area contributed by atoms with E-state index in [1.165, 1.54) is 36.4 Å². The van der Waals surface area contributed by atoms with E-state index in [0.29, 0.717) is 24.5 Å². The first-order valence-corrected chi connectivity index (χ1v) is 10.1. The van der Waals surface area contributed by atoms with Gasteiger partial charge in [-0.2, -0.15) is 0 Å². The first-order valence-electron chi connectivity index (χ1n) is 10.1. The van der Waals surface area contributed by atoms with Crippen LogP contribution in [0.4, 0.5) is 20.2 Å². The maximum absolute atomic E-state index is 14.0. The smallest absolute Gasteiger partial charge is 0.228 e. The zero-order valence-corrected chi connectivity index (χ0v) is 17.7. The molecule has 31 heavy (non-hydrogen) atoms. The van der Waals surface area contributed by atoms with Gasteiger partial charge < -0.3 is 10.2 Å². The van der Waals surface area contributed by atoms with Gasteiger partial charge in [0.05, 0.1) is 23.5 Å². The van der Waals surface area contributed by atoms with Crippen molar-refractivity contribution in [2.24, 2.45) is 5.92 Å². The van der Waals surface area contributed by atoms with Crippen molar-refractivity contribution >= 4 is 17.3 Å². The molecule has 1 fully saturated rings. The van der Waals surface area contributed by atoms with E-state index in [-0.39, 0.29) is 23.5 Å². The Hall–Kier alpha value is -3.35. The van der Waals surface area contributed by atoms with Gasteiger partial charge in [-0.05, 0) is 62.2 Å². The van der Waals surface area contributed by atoms with Gasteiger partial charge in [-0.3, -0.25) is 4.79 Å². The zero-order valence-electron chi connectivity index (χ0n) is 17.7.